The molecule has 28 heavy (non-hydrogen) atoms. The van der Waals surface area contributed by atoms with Crippen molar-refractivity contribution in [3.63, 3.8) is 0 Å². The van der Waals surface area contributed by atoms with Crippen LogP contribution in [-0.4, -0.2) is 15.2 Å². The Morgan fingerprint density at radius 3 is 2.93 bits per heavy atom. The Bertz CT molecular complexity index is 1190. The van der Waals surface area contributed by atoms with Crippen LogP contribution in [-0.2, 0) is 6.54 Å². The number of H-pyrrole nitrogens is 1. The monoisotopic (exact) mass is 372 g/mol. The molecule has 0 amide bonds. The predicted molar refractivity (Wildman–Crippen MR) is 110 cm³/mol. The van der Waals surface area contributed by atoms with Gasteiger partial charge in [0.2, 0.25) is 0 Å². The van der Waals surface area contributed by atoms with Gasteiger partial charge in [-0.05, 0) is 42.3 Å². The van der Waals surface area contributed by atoms with E-state index >= 15 is 0 Å². The van der Waals surface area contributed by atoms with Gasteiger partial charge >= 0.3 is 0 Å². The third kappa shape index (κ3) is 3.63. The molecular weight excluding hydrogens is 352 g/mol. The van der Waals surface area contributed by atoms with E-state index in [0.717, 1.165) is 34.3 Å². The lowest BCUT2D eigenvalue weighted by molar-refractivity contribution is 0.414. The van der Waals surface area contributed by atoms with Crippen molar-refractivity contribution < 1.29 is 4.74 Å². The molecule has 0 aliphatic heterocycles. The first kappa shape index (κ1) is 17.9. The zero-order valence-corrected chi connectivity index (χ0v) is 15.5. The first-order valence-corrected chi connectivity index (χ1v) is 9.03. The minimum absolute atomic E-state index is 0.231. The van der Waals surface area contributed by atoms with Crippen molar-refractivity contribution in [2.24, 2.45) is 5.73 Å². The summed E-state index contributed by atoms with van der Waals surface area (Å²) in [6.45, 7) is 2.28. The van der Waals surface area contributed by atoms with Gasteiger partial charge < -0.3 is 10.5 Å². The number of nitrogens with two attached hydrogens (primary N) is 1. The largest absolute Gasteiger partial charge is 0.460 e. The van der Waals surface area contributed by atoms with Crippen LogP contribution in [0.5, 0.6) is 5.75 Å². The number of benzene rings is 1. The molecule has 2 aromatic heterocycles. The summed E-state index contributed by atoms with van der Waals surface area (Å²) >= 11 is 0. The Morgan fingerprint density at radius 1 is 1.18 bits per heavy atom. The minimum Gasteiger partial charge on any atom is -0.460 e. The van der Waals surface area contributed by atoms with Crippen LogP contribution >= 0.6 is 0 Å². The van der Waals surface area contributed by atoms with Crippen LogP contribution < -0.4 is 16.0 Å². The van der Waals surface area contributed by atoms with Crippen LogP contribution in [0.2, 0.25) is 0 Å². The van der Waals surface area contributed by atoms with E-state index in [1.165, 1.54) is 0 Å². The van der Waals surface area contributed by atoms with E-state index in [-0.39, 0.29) is 12.1 Å². The van der Waals surface area contributed by atoms with Gasteiger partial charge in [0.1, 0.15) is 11.5 Å². The first-order chi connectivity index (χ1) is 13.6. The molecular formula is C22H20N4O2. The number of pyridine rings is 1. The second-order valence-electron chi connectivity index (χ2n) is 6.63. The van der Waals surface area contributed by atoms with Crippen LogP contribution in [0.1, 0.15) is 19.0 Å². The molecule has 6 nitrogen and oxygen atoms in total. The molecule has 3 aromatic rings. The number of nitrogens with one attached hydrogen (secondary N) is 1. The molecule has 140 valence electrons. The van der Waals surface area contributed by atoms with Crippen molar-refractivity contribution in [1.82, 2.24) is 15.2 Å². The zero-order chi connectivity index (χ0) is 19.5. The van der Waals surface area contributed by atoms with Crippen molar-refractivity contribution in [3.8, 4) is 16.9 Å². The number of fused-ring (bicyclic) bond motifs is 1. The lowest BCUT2D eigenvalue weighted by Gasteiger charge is -2.10. The Balaban J connectivity index is 1.71. The molecule has 2 heterocycles. The Morgan fingerprint density at radius 2 is 2.07 bits per heavy atom. The lowest BCUT2D eigenvalue weighted by atomic mass is 10.0. The highest BCUT2D eigenvalue weighted by Gasteiger charge is 2.09. The Hall–Kier alpha value is -3.51. The third-order valence-electron chi connectivity index (χ3n) is 4.56. The third-order valence-corrected chi connectivity index (χ3v) is 4.56. The fraction of sp³-hybridized carbons (Fsp3) is 0.136. The van der Waals surface area contributed by atoms with E-state index in [2.05, 4.69) is 21.3 Å². The van der Waals surface area contributed by atoms with Crippen molar-refractivity contribution in [2.45, 2.75) is 19.9 Å². The molecule has 1 aromatic carbocycles. The molecule has 3 N–H and O–H groups in total. The van der Waals surface area contributed by atoms with Crippen molar-refractivity contribution in [2.75, 3.05) is 0 Å². The fourth-order valence-corrected chi connectivity index (χ4v) is 3.17. The second-order valence-corrected chi connectivity index (χ2v) is 6.63. The highest BCUT2D eigenvalue weighted by Crippen LogP contribution is 2.27. The lowest BCUT2D eigenvalue weighted by Crippen LogP contribution is -2.13. The van der Waals surface area contributed by atoms with E-state index in [1.54, 1.807) is 18.5 Å². The maximum Gasteiger partial charge on any atom is 0.272 e. The van der Waals surface area contributed by atoms with Gasteiger partial charge in [0.15, 0.2) is 0 Å². The molecule has 1 aliphatic rings. The second kappa shape index (κ2) is 7.62. The van der Waals surface area contributed by atoms with Gasteiger partial charge in [-0.2, -0.15) is 5.10 Å². The van der Waals surface area contributed by atoms with E-state index in [0.29, 0.717) is 16.8 Å². The highest BCUT2D eigenvalue weighted by atomic mass is 16.5. The van der Waals surface area contributed by atoms with Crippen LogP contribution in [0.3, 0.4) is 0 Å². The molecule has 0 saturated carbocycles. The number of ether oxygens (including phenoxy) is 1. The molecule has 1 aliphatic carbocycles. The average Bonchev–Trinajstić information content (AvgIpc) is 2.92. The molecule has 0 radical (unpaired) electrons. The average molecular weight is 372 g/mol. The van der Waals surface area contributed by atoms with Gasteiger partial charge in [-0.1, -0.05) is 24.3 Å². The summed E-state index contributed by atoms with van der Waals surface area (Å²) in [4.78, 5) is 16.3. The molecule has 6 heteroatoms. The number of aromatic amines is 1. The Labute approximate surface area is 162 Å². The molecule has 0 fully saturated rings. The predicted octanol–water partition coefficient (Wildman–Crippen LogP) is 3.61. The Kier molecular flexibility index (Phi) is 4.87. The van der Waals surface area contributed by atoms with E-state index in [4.69, 9.17) is 10.5 Å². The van der Waals surface area contributed by atoms with Crippen LogP contribution in [0.4, 0.5) is 0 Å². The minimum atomic E-state index is -0.231. The smallest absolute Gasteiger partial charge is 0.272 e. The molecule has 0 spiro atoms. The van der Waals surface area contributed by atoms with Crippen LogP contribution in [0.15, 0.2) is 77.1 Å². The number of nitrogens with zero attached hydrogens (tertiary/aromatic N) is 2. The quantitative estimate of drug-likeness (QED) is 0.730. The van der Waals surface area contributed by atoms with Gasteiger partial charge in [-0.3, -0.25) is 9.78 Å². The topological polar surface area (TPSA) is 93.9 Å². The van der Waals surface area contributed by atoms with E-state index < -0.39 is 0 Å². The first-order valence-electron chi connectivity index (χ1n) is 9.03. The van der Waals surface area contributed by atoms with Crippen LogP contribution in [0.25, 0.3) is 21.9 Å². The summed E-state index contributed by atoms with van der Waals surface area (Å²) in [5.41, 5.74) is 9.13. The summed E-state index contributed by atoms with van der Waals surface area (Å²) in [7, 11) is 0. The molecule has 0 atom stereocenters. The molecule has 0 unspecified atom stereocenters. The zero-order valence-electron chi connectivity index (χ0n) is 15.5. The standard InChI is InChI=1S/C22H20N4O2/c1-14-4-2-3-5-17(8-14)28-18-9-16(12-24-13-18)15-6-7-19-20(10-15)21(11-23)25-26-22(19)27/h2-4,6-10,12-13H,5,11,23H2,1H3,(H,26,27). The van der Waals surface area contributed by atoms with Crippen molar-refractivity contribution in [1.29, 1.82) is 0 Å². The van der Waals surface area contributed by atoms with E-state index in [1.807, 2.05) is 43.4 Å². The highest BCUT2D eigenvalue weighted by molar-refractivity contribution is 5.88. The van der Waals surface area contributed by atoms with Crippen LogP contribution in [0, 0.1) is 0 Å². The van der Waals surface area contributed by atoms with Gasteiger partial charge in [0, 0.05) is 30.1 Å². The van der Waals surface area contributed by atoms with Gasteiger partial charge in [0.05, 0.1) is 17.3 Å². The molecule has 0 saturated heterocycles. The summed E-state index contributed by atoms with van der Waals surface area (Å²) in [6.07, 6.45) is 12.3. The maximum atomic E-state index is 12.0. The SMILES string of the molecule is CC1=CC=CCC(Oc2cncc(-c3ccc4c(=O)[nH]nc(CN)c4c3)c2)=C1. The number of allylic oxidation sites excluding steroid dienone is 5. The summed E-state index contributed by atoms with van der Waals surface area (Å²) in [6, 6.07) is 7.52. The molecule has 0 bridgehead atoms. The number of aromatic nitrogens is 3. The fourth-order valence-electron chi connectivity index (χ4n) is 3.17. The summed E-state index contributed by atoms with van der Waals surface area (Å²) in [5, 5.41) is 7.84. The number of hydrogen-bond donors (Lipinski definition) is 2. The number of hydrogen-bond acceptors (Lipinski definition) is 5. The summed E-state index contributed by atoms with van der Waals surface area (Å²) in [5.74, 6) is 1.52. The number of rotatable bonds is 4. The van der Waals surface area contributed by atoms with Gasteiger partial charge in [0.25, 0.3) is 5.56 Å². The molecule has 4 rings (SSSR count). The summed E-state index contributed by atoms with van der Waals surface area (Å²) < 4.78 is 6.04. The van der Waals surface area contributed by atoms with Gasteiger partial charge in [-0.25, -0.2) is 5.10 Å². The van der Waals surface area contributed by atoms with Crippen molar-refractivity contribution >= 4 is 10.8 Å². The normalized spacial score (nSPS) is 13.8. The van der Waals surface area contributed by atoms with Crippen molar-refractivity contribution in [3.05, 3.63) is 88.3 Å². The maximum absolute atomic E-state index is 12.0. The van der Waals surface area contributed by atoms with Gasteiger partial charge in [-0.15, -0.1) is 0 Å². The van der Waals surface area contributed by atoms with E-state index in [9.17, 15) is 4.79 Å².